The van der Waals surface area contributed by atoms with E-state index in [1.807, 2.05) is 0 Å². The van der Waals surface area contributed by atoms with Crippen LogP contribution in [0.4, 0.5) is 8.78 Å². The first-order chi connectivity index (χ1) is 5.41. The lowest BCUT2D eigenvalue weighted by molar-refractivity contribution is -0.136. The van der Waals surface area contributed by atoms with E-state index in [-0.39, 0.29) is 6.42 Å². The summed E-state index contributed by atoms with van der Waals surface area (Å²) < 4.78 is 24.0. The summed E-state index contributed by atoms with van der Waals surface area (Å²) in [6.07, 6.45) is 0.259. The molecule has 0 heterocycles. The van der Waals surface area contributed by atoms with Gasteiger partial charge in [0.05, 0.1) is 6.07 Å². The van der Waals surface area contributed by atoms with E-state index in [9.17, 15) is 13.6 Å². The van der Waals surface area contributed by atoms with Gasteiger partial charge in [0.15, 0.2) is 0 Å². The van der Waals surface area contributed by atoms with Crippen molar-refractivity contribution in [2.75, 3.05) is 0 Å². The van der Waals surface area contributed by atoms with Crippen LogP contribution in [0, 0.1) is 11.3 Å². The molecule has 0 rings (SSSR count). The molecule has 0 bridgehead atoms. The fourth-order valence-electron chi connectivity index (χ4n) is 0.466. The number of carbonyl (C=O) groups is 1. The van der Waals surface area contributed by atoms with E-state index in [1.54, 1.807) is 18.3 Å². The zero-order valence-electron chi connectivity index (χ0n) is 6.27. The van der Waals surface area contributed by atoms with E-state index in [1.165, 1.54) is 0 Å². The molecule has 1 amide bonds. The highest BCUT2D eigenvalue weighted by atomic mass is 35.5. The molecule has 0 aliphatic rings. The minimum absolute atomic E-state index is 0.259. The highest BCUT2D eigenvalue weighted by Gasteiger charge is 2.36. The number of rotatable bonds is 3. The number of nitriles is 1. The highest BCUT2D eigenvalue weighted by molar-refractivity contribution is 6.32. The van der Waals surface area contributed by atoms with Gasteiger partial charge in [-0.1, -0.05) is 6.92 Å². The third-order valence-electron chi connectivity index (χ3n) is 1.13. The van der Waals surface area contributed by atoms with Crippen LogP contribution in [0.25, 0.3) is 0 Å². The van der Waals surface area contributed by atoms with E-state index >= 15 is 0 Å². The van der Waals surface area contributed by atoms with Crippen molar-refractivity contribution < 1.29 is 13.6 Å². The quantitative estimate of drug-likeness (QED) is 0.691. The molecule has 1 N–H and O–H groups in total. The molecule has 0 aromatic carbocycles. The number of carbonyl (C=O) groups excluding carboxylic acids is 1. The molecule has 0 aliphatic carbocycles. The Labute approximate surface area is 73.3 Å². The fourth-order valence-corrected chi connectivity index (χ4v) is 0.520. The van der Waals surface area contributed by atoms with Crippen LogP contribution in [0.3, 0.4) is 0 Å². The molecule has 1 unspecified atom stereocenters. The molecule has 3 nitrogen and oxygen atoms in total. The predicted molar refractivity (Wildman–Crippen MR) is 38.6 cm³/mol. The summed E-state index contributed by atoms with van der Waals surface area (Å²) in [5.41, 5.74) is 0. The van der Waals surface area contributed by atoms with E-state index in [0.29, 0.717) is 0 Å². The summed E-state index contributed by atoms with van der Waals surface area (Å²) in [4.78, 5) is 10.4. The lowest BCUT2D eigenvalue weighted by atomic mass is 10.2. The number of amides is 1. The van der Waals surface area contributed by atoms with Gasteiger partial charge in [0.1, 0.15) is 6.04 Å². The van der Waals surface area contributed by atoms with Crippen molar-refractivity contribution in [2.45, 2.75) is 24.8 Å². The lowest BCUT2D eigenvalue weighted by Crippen LogP contribution is -2.41. The number of nitrogens with zero attached hydrogens (tertiary/aromatic N) is 1. The van der Waals surface area contributed by atoms with Gasteiger partial charge in [0.25, 0.3) is 0 Å². The second kappa shape index (κ2) is 4.21. The van der Waals surface area contributed by atoms with Crippen LogP contribution in [0.15, 0.2) is 0 Å². The third kappa shape index (κ3) is 3.49. The molecule has 0 radical (unpaired) electrons. The van der Waals surface area contributed by atoms with Crippen molar-refractivity contribution in [1.29, 1.82) is 5.26 Å². The van der Waals surface area contributed by atoms with Crippen LogP contribution in [0.2, 0.25) is 0 Å². The molecule has 1 atom stereocenters. The Balaban J connectivity index is 4.11. The maximum absolute atomic E-state index is 12.0. The van der Waals surface area contributed by atoms with Gasteiger partial charge in [-0.05, 0) is 18.0 Å². The molecule has 0 aromatic rings. The van der Waals surface area contributed by atoms with Crippen molar-refractivity contribution in [1.82, 2.24) is 5.32 Å². The maximum Gasteiger partial charge on any atom is 0.399 e. The molecule has 0 fully saturated rings. The first-order valence-electron chi connectivity index (χ1n) is 3.19. The summed E-state index contributed by atoms with van der Waals surface area (Å²) in [6, 6.07) is 0.716. The van der Waals surface area contributed by atoms with Crippen LogP contribution in [-0.4, -0.2) is 17.3 Å². The van der Waals surface area contributed by atoms with Crippen LogP contribution in [-0.2, 0) is 4.79 Å². The smallest absolute Gasteiger partial charge is 0.334 e. The largest absolute Gasteiger partial charge is 0.399 e. The molecule has 6 heteroatoms. The molecule has 12 heavy (non-hydrogen) atoms. The Bertz CT molecular complexity index is 209. The fraction of sp³-hybridized carbons (Fsp3) is 0.667. The van der Waals surface area contributed by atoms with Crippen molar-refractivity contribution in [3.8, 4) is 6.07 Å². The summed E-state index contributed by atoms with van der Waals surface area (Å²) in [7, 11) is 0. The summed E-state index contributed by atoms with van der Waals surface area (Å²) in [6.45, 7) is 1.58. The monoisotopic (exact) mass is 196 g/mol. The van der Waals surface area contributed by atoms with E-state index in [4.69, 9.17) is 5.26 Å². The number of nitrogens with one attached hydrogen (secondary N) is 1. The number of halogens is 3. The molecular formula is C6H7ClF2N2O. The maximum atomic E-state index is 12.0. The van der Waals surface area contributed by atoms with Crippen molar-refractivity contribution in [2.24, 2.45) is 0 Å². The molecule has 68 valence electrons. The Morgan fingerprint density at radius 2 is 2.33 bits per heavy atom. The molecule has 0 saturated carbocycles. The normalized spacial score (nSPS) is 13.2. The number of hydrogen-bond acceptors (Lipinski definition) is 2. The van der Waals surface area contributed by atoms with Gasteiger partial charge in [0, 0.05) is 0 Å². The van der Waals surface area contributed by atoms with E-state index in [2.05, 4.69) is 11.6 Å². The van der Waals surface area contributed by atoms with Gasteiger partial charge in [0.2, 0.25) is 0 Å². The first kappa shape index (κ1) is 11.1. The summed E-state index contributed by atoms with van der Waals surface area (Å²) in [5, 5.41) is 6.12. The number of alkyl halides is 3. The molecule has 0 aliphatic heterocycles. The Morgan fingerprint density at radius 3 is 2.58 bits per heavy atom. The summed E-state index contributed by atoms with van der Waals surface area (Å²) in [5.74, 6) is -1.64. The zero-order chi connectivity index (χ0) is 9.78. The van der Waals surface area contributed by atoms with Gasteiger partial charge in [-0.2, -0.15) is 14.0 Å². The Kier molecular flexibility index (Phi) is 3.90. The van der Waals surface area contributed by atoms with Gasteiger partial charge >= 0.3 is 11.3 Å². The second-order valence-electron chi connectivity index (χ2n) is 2.06. The second-order valence-corrected chi connectivity index (χ2v) is 2.54. The van der Waals surface area contributed by atoms with Crippen molar-refractivity contribution in [3.63, 3.8) is 0 Å². The SMILES string of the molecule is CCC(C#N)NC(=O)C(F)(F)Cl. The average molecular weight is 197 g/mol. The van der Waals surface area contributed by atoms with Crippen LogP contribution >= 0.6 is 11.6 Å². The minimum Gasteiger partial charge on any atom is -0.334 e. The topological polar surface area (TPSA) is 52.9 Å². The van der Waals surface area contributed by atoms with Crippen LogP contribution in [0.1, 0.15) is 13.3 Å². The Hall–Kier alpha value is -0.890. The van der Waals surface area contributed by atoms with Gasteiger partial charge in [-0.3, -0.25) is 4.79 Å². The van der Waals surface area contributed by atoms with Crippen molar-refractivity contribution in [3.05, 3.63) is 0 Å². The van der Waals surface area contributed by atoms with Gasteiger partial charge in [-0.25, -0.2) is 0 Å². The third-order valence-corrected chi connectivity index (χ3v) is 1.30. The predicted octanol–water partition coefficient (Wildman–Crippen LogP) is 1.24. The first-order valence-corrected chi connectivity index (χ1v) is 3.57. The van der Waals surface area contributed by atoms with E-state index in [0.717, 1.165) is 0 Å². The molecule has 0 aromatic heterocycles. The zero-order valence-corrected chi connectivity index (χ0v) is 7.03. The summed E-state index contributed by atoms with van der Waals surface area (Å²) >= 11 is 4.39. The molecule has 0 spiro atoms. The van der Waals surface area contributed by atoms with Crippen LogP contribution < -0.4 is 5.32 Å². The van der Waals surface area contributed by atoms with Gasteiger partial charge in [-0.15, -0.1) is 0 Å². The highest BCUT2D eigenvalue weighted by Crippen LogP contribution is 2.18. The lowest BCUT2D eigenvalue weighted by Gasteiger charge is -2.11. The van der Waals surface area contributed by atoms with Gasteiger partial charge < -0.3 is 5.32 Å². The standard InChI is InChI=1S/C6H7ClF2N2O/c1-2-4(3-10)11-5(12)6(7,8)9/h4H,2H2,1H3,(H,11,12). The van der Waals surface area contributed by atoms with Crippen LogP contribution in [0.5, 0.6) is 0 Å². The minimum atomic E-state index is -3.94. The Morgan fingerprint density at radius 1 is 1.83 bits per heavy atom. The molecular weight excluding hydrogens is 190 g/mol. The van der Waals surface area contributed by atoms with Crippen molar-refractivity contribution >= 4 is 17.5 Å². The number of hydrogen-bond donors (Lipinski definition) is 1. The molecule has 0 saturated heterocycles. The van der Waals surface area contributed by atoms with E-state index < -0.39 is 17.3 Å². The average Bonchev–Trinajstić information content (AvgIpc) is 1.97.